The molecule has 0 fully saturated rings. The van der Waals surface area contributed by atoms with Crippen molar-refractivity contribution in [2.45, 2.75) is 30.6 Å². The molecule has 1 atom stereocenters. The van der Waals surface area contributed by atoms with Crippen molar-refractivity contribution in [1.29, 1.82) is 0 Å². The molecule has 0 aliphatic heterocycles. The number of nitrogens with zero attached hydrogens (tertiary/aromatic N) is 3. The zero-order valence-corrected chi connectivity index (χ0v) is 23.5. The fourth-order valence-corrected chi connectivity index (χ4v) is 6.99. The minimum Gasteiger partial charge on any atom is -0.611 e. The van der Waals surface area contributed by atoms with E-state index in [1.54, 1.807) is 6.20 Å². The van der Waals surface area contributed by atoms with Crippen LogP contribution in [0, 0.1) is 0 Å². The summed E-state index contributed by atoms with van der Waals surface area (Å²) in [6, 6.07) is 9.71. The van der Waals surface area contributed by atoms with Crippen molar-refractivity contribution < 1.29 is 18.8 Å². The standard InChI is InChI=1S/C26H30N4O4S3/c1-4-5-14-37(32)25-22(27)21-19(15-20(29-24(21)36-25)23-28-10-13-35-23)18-8-6-17(7-9-18)16-34-26(31)33-12-11-30(2)3/h6-10,13,15H,4-5,11-12,14,16,27H2,1-3H3. The van der Waals surface area contributed by atoms with Gasteiger partial charge in [0.15, 0.2) is 0 Å². The number of hydrogen-bond acceptors (Lipinski definition) is 10. The van der Waals surface area contributed by atoms with Crippen molar-refractivity contribution >= 4 is 55.9 Å². The Kier molecular flexibility index (Phi) is 9.38. The topological polar surface area (TPSA) is 114 Å². The number of fused-ring (bicyclic) bond motifs is 1. The van der Waals surface area contributed by atoms with Gasteiger partial charge >= 0.3 is 6.16 Å². The van der Waals surface area contributed by atoms with Crippen LogP contribution in [0.4, 0.5) is 10.5 Å². The second kappa shape index (κ2) is 12.7. The van der Waals surface area contributed by atoms with Crippen molar-refractivity contribution in [2.75, 3.05) is 38.7 Å². The number of nitrogen functional groups attached to an aromatic ring is 1. The van der Waals surface area contributed by atoms with Crippen LogP contribution in [0.2, 0.25) is 0 Å². The molecule has 0 saturated heterocycles. The highest BCUT2D eigenvalue weighted by atomic mass is 32.2. The van der Waals surface area contributed by atoms with E-state index >= 15 is 0 Å². The van der Waals surface area contributed by atoms with Gasteiger partial charge in [-0.2, -0.15) is 0 Å². The van der Waals surface area contributed by atoms with Crippen molar-refractivity contribution in [3.63, 3.8) is 0 Å². The Morgan fingerprint density at radius 2 is 2.00 bits per heavy atom. The van der Waals surface area contributed by atoms with E-state index in [4.69, 9.17) is 20.2 Å². The normalized spacial score (nSPS) is 12.2. The highest BCUT2D eigenvalue weighted by Crippen LogP contribution is 2.43. The van der Waals surface area contributed by atoms with Gasteiger partial charge in [-0.05, 0) is 54.4 Å². The monoisotopic (exact) mass is 558 g/mol. The number of thiophene rings is 1. The maximum absolute atomic E-state index is 13.0. The number of benzene rings is 1. The van der Waals surface area contributed by atoms with Crippen LogP contribution >= 0.6 is 22.7 Å². The quantitative estimate of drug-likeness (QED) is 0.182. The van der Waals surface area contributed by atoms with Crippen LogP contribution in [-0.2, 0) is 27.3 Å². The third-order valence-electron chi connectivity index (χ3n) is 5.59. The summed E-state index contributed by atoms with van der Waals surface area (Å²) < 4.78 is 23.9. The number of likely N-dealkylation sites (N-methyl/N-ethyl adjacent to an activating group) is 1. The number of carbonyl (C=O) groups excluding carboxylic acids is 1. The fourth-order valence-electron chi connectivity index (χ4n) is 3.60. The third-order valence-corrected chi connectivity index (χ3v) is 9.38. The second-order valence-electron chi connectivity index (χ2n) is 8.67. The average molecular weight is 559 g/mol. The number of rotatable bonds is 11. The molecule has 3 aromatic heterocycles. The number of nitrogens with two attached hydrogens (primary N) is 1. The van der Waals surface area contributed by atoms with E-state index in [9.17, 15) is 9.35 Å². The van der Waals surface area contributed by atoms with E-state index in [1.165, 1.54) is 22.7 Å². The SMILES string of the molecule is CCCC[S+]([O-])c1sc2nc(-c3nccs3)cc(-c3ccc(COC(=O)OCCN(C)C)cc3)c2c1N. The number of hydrogen-bond donors (Lipinski definition) is 1. The first-order valence-corrected chi connectivity index (χ1v) is 14.9. The van der Waals surface area contributed by atoms with E-state index in [0.29, 0.717) is 22.2 Å². The van der Waals surface area contributed by atoms with E-state index in [-0.39, 0.29) is 13.2 Å². The molecule has 2 N–H and O–H groups in total. The Labute approximate surface area is 227 Å². The van der Waals surface area contributed by atoms with Gasteiger partial charge in [-0.1, -0.05) is 48.9 Å². The van der Waals surface area contributed by atoms with Crippen LogP contribution in [-0.4, -0.2) is 58.6 Å². The van der Waals surface area contributed by atoms with Gasteiger partial charge in [0, 0.05) is 23.5 Å². The maximum Gasteiger partial charge on any atom is 0.508 e. The summed E-state index contributed by atoms with van der Waals surface area (Å²) in [5.41, 5.74) is 10.5. The van der Waals surface area contributed by atoms with Gasteiger partial charge in [0.2, 0.25) is 4.21 Å². The van der Waals surface area contributed by atoms with Crippen LogP contribution in [0.3, 0.4) is 0 Å². The lowest BCUT2D eigenvalue weighted by atomic mass is 10.0. The van der Waals surface area contributed by atoms with E-state index in [0.717, 1.165) is 50.5 Å². The molecular formula is C26H30N4O4S3. The summed E-state index contributed by atoms with van der Waals surface area (Å²) in [6.07, 6.45) is 2.90. The number of thiazole rings is 1. The van der Waals surface area contributed by atoms with Gasteiger partial charge in [-0.15, -0.1) is 11.3 Å². The van der Waals surface area contributed by atoms with Crippen LogP contribution < -0.4 is 5.73 Å². The molecule has 196 valence electrons. The van der Waals surface area contributed by atoms with Crippen molar-refractivity contribution in [3.05, 3.63) is 47.5 Å². The summed E-state index contributed by atoms with van der Waals surface area (Å²) in [4.78, 5) is 23.8. The maximum atomic E-state index is 13.0. The first-order valence-electron chi connectivity index (χ1n) is 11.9. The predicted molar refractivity (Wildman–Crippen MR) is 151 cm³/mol. The smallest absolute Gasteiger partial charge is 0.508 e. The molecule has 4 rings (SSSR count). The van der Waals surface area contributed by atoms with Gasteiger partial charge < -0.3 is 24.7 Å². The molecule has 37 heavy (non-hydrogen) atoms. The van der Waals surface area contributed by atoms with Gasteiger partial charge in [0.25, 0.3) is 0 Å². The Morgan fingerprint density at radius 1 is 1.22 bits per heavy atom. The largest absolute Gasteiger partial charge is 0.611 e. The molecule has 0 bridgehead atoms. The lowest BCUT2D eigenvalue weighted by molar-refractivity contribution is 0.0461. The Balaban J connectivity index is 1.61. The summed E-state index contributed by atoms with van der Waals surface area (Å²) in [5.74, 6) is 0.578. The van der Waals surface area contributed by atoms with Gasteiger partial charge in [0.1, 0.15) is 40.2 Å². The van der Waals surface area contributed by atoms with Crippen LogP contribution in [0.15, 0.2) is 46.1 Å². The minimum absolute atomic E-state index is 0.109. The molecule has 0 radical (unpaired) electrons. The zero-order chi connectivity index (χ0) is 26.4. The average Bonchev–Trinajstić information content (AvgIpc) is 3.54. The number of aromatic nitrogens is 2. The molecule has 1 unspecified atom stereocenters. The number of ether oxygens (including phenoxy) is 2. The van der Waals surface area contributed by atoms with E-state index in [2.05, 4.69) is 11.9 Å². The number of unbranched alkanes of at least 4 members (excludes halogenated alkanes) is 1. The summed E-state index contributed by atoms with van der Waals surface area (Å²) in [5, 5.41) is 3.52. The highest BCUT2D eigenvalue weighted by molar-refractivity contribution is 7.93. The summed E-state index contributed by atoms with van der Waals surface area (Å²) in [6.45, 7) is 3.09. The number of anilines is 1. The molecule has 0 aliphatic carbocycles. The van der Waals surface area contributed by atoms with Crippen molar-refractivity contribution in [3.8, 4) is 21.8 Å². The van der Waals surface area contributed by atoms with E-state index in [1.807, 2.05) is 54.7 Å². The second-order valence-corrected chi connectivity index (χ2v) is 12.3. The Bertz CT molecular complexity index is 1320. The first-order chi connectivity index (χ1) is 17.9. The molecule has 1 aromatic carbocycles. The summed E-state index contributed by atoms with van der Waals surface area (Å²) in [7, 11) is 3.81. The van der Waals surface area contributed by atoms with Crippen molar-refractivity contribution in [2.24, 2.45) is 0 Å². The summed E-state index contributed by atoms with van der Waals surface area (Å²) >= 11 is 1.73. The molecule has 0 amide bonds. The lowest BCUT2D eigenvalue weighted by Gasteiger charge is -2.11. The number of carbonyl (C=O) groups is 1. The van der Waals surface area contributed by atoms with Crippen LogP contribution in [0.25, 0.3) is 32.0 Å². The lowest BCUT2D eigenvalue weighted by Crippen LogP contribution is -2.20. The Hall–Kier alpha value is -2.70. The highest BCUT2D eigenvalue weighted by Gasteiger charge is 2.25. The molecule has 0 saturated carbocycles. The van der Waals surface area contributed by atoms with Gasteiger partial charge in [0.05, 0.1) is 0 Å². The van der Waals surface area contributed by atoms with Crippen molar-refractivity contribution in [1.82, 2.24) is 14.9 Å². The predicted octanol–water partition coefficient (Wildman–Crippen LogP) is 5.79. The molecule has 4 aromatic rings. The molecule has 0 aliphatic rings. The van der Waals surface area contributed by atoms with Gasteiger partial charge in [-0.3, -0.25) is 0 Å². The minimum atomic E-state index is -1.17. The van der Waals surface area contributed by atoms with E-state index < -0.39 is 17.3 Å². The van der Waals surface area contributed by atoms with Crippen LogP contribution in [0.1, 0.15) is 25.3 Å². The Morgan fingerprint density at radius 3 is 2.68 bits per heavy atom. The number of pyridine rings is 1. The van der Waals surface area contributed by atoms with Gasteiger partial charge in [-0.25, -0.2) is 14.8 Å². The molecule has 0 spiro atoms. The molecular weight excluding hydrogens is 529 g/mol. The first kappa shape index (κ1) is 27.3. The fraction of sp³-hybridized carbons (Fsp3) is 0.346. The molecule has 8 nitrogen and oxygen atoms in total. The van der Waals surface area contributed by atoms with Crippen LogP contribution in [0.5, 0.6) is 0 Å². The third kappa shape index (κ3) is 6.79. The zero-order valence-electron chi connectivity index (χ0n) is 21.1. The molecule has 3 heterocycles. The molecule has 11 heteroatoms.